The number of hydrogen-bond donors (Lipinski definition) is 0. The first-order valence-corrected chi connectivity index (χ1v) is 8.75. The summed E-state index contributed by atoms with van der Waals surface area (Å²) in [6, 6.07) is 7.37. The van der Waals surface area contributed by atoms with Crippen LogP contribution in [0.15, 0.2) is 33.3 Å². The molecule has 0 saturated heterocycles. The van der Waals surface area contributed by atoms with Crippen LogP contribution >= 0.6 is 43.2 Å². The van der Waals surface area contributed by atoms with Crippen molar-refractivity contribution in [2.75, 3.05) is 7.11 Å². The van der Waals surface area contributed by atoms with Crippen LogP contribution in [0.5, 0.6) is 5.75 Å². The van der Waals surface area contributed by atoms with Gasteiger partial charge in [-0.05, 0) is 49.6 Å². The van der Waals surface area contributed by atoms with Crippen LogP contribution in [0.4, 0.5) is 13.2 Å². The van der Waals surface area contributed by atoms with E-state index in [-0.39, 0.29) is 0 Å². The third kappa shape index (κ3) is 3.14. The van der Waals surface area contributed by atoms with Gasteiger partial charge in [-0.2, -0.15) is 13.2 Å². The first kappa shape index (κ1) is 16.8. The highest BCUT2D eigenvalue weighted by molar-refractivity contribution is 9.13. The van der Waals surface area contributed by atoms with Crippen LogP contribution in [0, 0.1) is 0 Å². The van der Waals surface area contributed by atoms with Gasteiger partial charge in [0.1, 0.15) is 20.7 Å². The number of nitrogens with zero attached hydrogens (tertiary/aromatic N) is 2. The van der Waals surface area contributed by atoms with Crippen molar-refractivity contribution >= 4 is 53.5 Å². The fraction of sp³-hybridized carbons (Fsp3) is 0.214. The third-order valence-electron chi connectivity index (χ3n) is 3.22. The van der Waals surface area contributed by atoms with Crippen molar-refractivity contribution in [3.63, 3.8) is 0 Å². The van der Waals surface area contributed by atoms with Crippen molar-refractivity contribution in [3.8, 4) is 5.75 Å². The van der Waals surface area contributed by atoms with Crippen LogP contribution in [0.3, 0.4) is 0 Å². The van der Waals surface area contributed by atoms with Crippen molar-refractivity contribution < 1.29 is 17.9 Å². The number of halogens is 5. The summed E-state index contributed by atoms with van der Waals surface area (Å²) in [6.07, 6.45) is -4.44. The number of rotatable bonds is 3. The predicted molar refractivity (Wildman–Crippen MR) is 90.1 cm³/mol. The average Bonchev–Trinajstić information content (AvgIpc) is 3.04. The molecule has 2 aromatic heterocycles. The normalized spacial score (nSPS) is 12.1. The lowest BCUT2D eigenvalue weighted by Gasteiger charge is -2.08. The molecule has 3 rings (SSSR count). The number of methoxy groups -OCH3 is 1. The molecule has 122 valence electrons. The fourth-order valence-corrected chi connectivity index (χ4v) is 4.30. The Labute approximate surface area is 150 Å². The molecule has 0 atom stereocenters. The summed E-state index contributed by atoms with van der Waals surface area (Å²) in [5.74, 6) is 0.726. The SMILES string of the molecule is COc1ccc(Cn2c(Br)c(Br)c3nc(C(F)(F)F)sc32)cc1. The molecule has 1 aromatic carbocycles. The zero-order chi connectivity index (χ0) is 16.8. The van der Waals surface area contributed by atoms with E-state index in [0.29, 0.717) is 37.3 Å². The van der Waals surface area contributed by atoms with Crippen molar-refractivity contribution in [3.05, 3.63) is 43.9 Å². The Morgan fingerprint density at radius 2 is 1.87 bits per heavy atom. The average molecular weight is 470 g/mol. The Morgan fingerprint density at radius 1 is 1.22 bits per heavy atom. The molecule has 9 heteroatoms. The summed E-state index contributed by atoms with van der Waals surface area (Å²) in [4.78, 5) is 4.17. The molecule has 0 aliphatic heterocycles. The van der Waals surface area contributed by atoms with E-state index >= 15 is 0 Å². The van der Waals surface area contributed by atoms with E-state index in [2.05, 4.69) is 36.8 Å². The summed E-state index contributed by atoms with van der Waals surface area (Å²) < 4.78 is 46.7. The molecule has 0 bridgehead atoms. The molecule has 0 amide bonds. The van der Waals surface area contributed by atoms with Gasteiger partial charge in [-0.25, -0.2) is 4.98 Å². The van der Waals surface area contributed by atoms with Crippen molar-refractivity contribution in [2.45, 2.75) is 12.7 Å². The number of alkyl halides is 3. The maximum Gasteiger partial charge on any atom is 0.443 e. The van der Waals surface area contributed by atoms with Gasteiger partial charge in [-0.1, -0.05) is 23.5 Å². The number of aromatic nitrogens is 2. The van der Waals surface area contributed by atoms with Gasteiger partial charge in [0.2, 0.25) is 5.01 Å². The maximum atomic E-state index is 12.9. The molecule has 3 aromatic rings. The summed E-state index contributed by atoms with van der Waals surface area (Å²) in [7, 11) is 1.58. The molecule has 0 N–H and O–H groups in total. The van der Waals surface area contributed by atoms with E-state index in [1.54, 1.807) is 11.7 Å². The van der Waals surface area contributed by atoms with Crippen LogP contribution in [-0.2, 0) is 12.7 Å². The Morgan fingerprint density at radius 3 is 2.43 bits per heavy atom. The number of benzene rings is 1. The summed E-state index contributed by atoms with van der Waals surface area (Å²) in [5.41, 5.74) is 1.25. The minimum absolute atomic E-state index is 0.308. The van der Waals surface area contributed by atoms with Crippen LogP contribution in [0.1, 0.15) is 10.6 Å². The Bertz CT molecular complexity index is 856. The standard InChI is InChI=1S/C14H9Br2F3N2OS/c1-22-8-4-2-7(3-5-8)6-21-11(16)9(15)10-12(21)23-13(20-10)14(17,18)19/h2-5H,6H2,1H3. The number of thiazole rings is 1. The van der Waals surface area contributed by atoms with E-state index in [1.807, 2.05) is 24.3 Å². The van der Waals surface area contributed by atoms with Crippen LogP contribution in [0.2, 0.25) is 0 Å². The lowest BCUT2D eigenvalue weighted by atomic mass is 10.2. The molecule has 0 spiro atoms. The molecular weight excluding hydrogens is 461 g/mol. The second-order valence-corrected chi connectivity index (χ2v) is 7.23. The zero-order valence-corrected chi connectivity index (χ0v) is 15.6. The zero-order valence-electron chi connectivity index (χ0n) is 11.6. The third-order valence-corrected chi connectivity index (χ3v) is 6.45. The largest absolute Gasteiger partial charge is 0.497 e. The molecule has 23 heavy (non-hydrogen) atoms. The van der Waals surface area contributed by atoms with E-state index in [1.165, 1.54) is 0 Å². The second-order valence-electron chi connectivity index (χ2n) is 4.71. The van der Waals surface area contributed by atoms with E-state index in [4.69, 9.17) is 4.74 Å². The highest BCUT2D eigenvalue weighted by atomic mass is 79.9. The van der Waals surface area contributed by atoms with Crippen LogP contribution in [-0.4, -0.2) is 16.7 Å². The molecule has 0 saturated carbocycles. The van der Waals surface area contributed by atoms with E-state index in [0.717, 1.165) is 11.3 Å². The Balaban J connectivity index is 2.05. The van der Waals surface area contributed by atoms with Gasteiger partial charge in [0.15, 0.2) is 0 Å². The van der Waals surface area contributed by atoms with Crippen molar-refractivity contribution in [1.82, 2.24) is 9.55 Å². The van der Waals surface area contributed by atoms with Gasteiger partial charge in [-0.15, -0.1) is 0 Å². The molecule has 0 aliphatic carbocycles. The Hall–Kier alpha value is -1.06. The number of hydrogen-bond acceptors (Lipinski definition) is 3. The van der Waals surface area contributed by atoms with Gasteiger partial charge in [0, 0.05) is 6.54 Å². The fourth-order valence-electron chi connectivity index (χ4n) is 2.12. The van der Waals surface area contributed by atoms with Crippen LogP contribution in [0.25, 0.3) is 10.3 Å². The number of ether oxygens (including phenoxy) is 1. The van der Waals surface area contributed by atoms with E-state index < -0.39 is 11.2 Å². The molecule has 0 aliphatic rings. The minimum atomic E-state index is -4.44. The summed E-state index contributed by atoms with van der Waals surface area (Å²) in [6.45, 7) is 0.423. The highest BCUT2D eigenvalue weighted by Crippen LogP contribution is 2.42. The van der Waals surface area contributed by atoms with Crippen molar-refractivity contribution in [1.29, 1.82) is 0 Å². The lowest BCUT2D eigenvalue weighted by molar-refractivity contribution is -0.137. The maximum absolute atomic E-state index is 12.9. The summed E-state index contributed by atoms with van der Waals surface area (Å²) >= 11 is 7.35. The first-order chi connectivity index (χ1) is 10.8. The highest BCUT2D eigenvalue weighted by Gasteiger charge is 2.36. The molecule has 0 fully saturated rings. The lowest BCUT2D eigenvalue weighted by Crippen LogP contribution is -2.03. The second kappa shape index (κ2) is 6.10. The van der Waals surface area contributed by atoms with E-state index in [9.17, 15) is 13.2 Å². The predicted octanol–water partition coefficient (Wildman–Crippen LogP) is 5.70. The summed E-state index contributed by atoms with van der Waals surface area (Å²) in [5, 5.41) is -0.848. The van der Waals surface area contributed by atoms with Gasteiger partial charge in [0.05, 0.1) is 11.6 Å². The Kier molecular flexibility index (Phi) is 4.45. The molecule has 0 unspecified atom stereocenters. The van der Waals surface area contributed by atoms with Gasteiger partial charge in [-0.3, -0.25) is 0 Å². The smallest absolute Gasteiger partial charge is 0.443 e. The molecule has 2 heterocycles. The minimum Gasteiger partial charge on any atom is -0.497 e. The van der Waals surface area contributed by atoms with Crippen molar-refractivity contribution in [2.24, 2.45) is 0 Å². The van der Waals surface area contributed by atoms with Gasteiger partial charge >= 0.3 is 6.18 Å². The van der Waals surface area contributed by atoms with Gasteiger partial charge < -0.3 is 9.30 Å². The van der Waals surface area contributed by atoms with Gasteiger partial charge in [0.25, 0.3) is 0 Å². The number of fused-ring (bicyclic) bond motifs is 1. The quantitative estimate of drug-likeness (QED) is 0.492. The van der Waals surface area contributed by atoms with Crippen LogP contribution < -0.4 is 4.74 Å². The monoisotopic (exact) mass is 468 g/mol. The topological polar surface area (TPSA) is 27.1 Å². The molecule has 0 radical (unpaired) electrons. The molecular formula is C14H9Br2F3N2OS. The molecule has 3 nitrogen and oxygen atoms in total. The first-order valence-electron chi connectivity index (χ1n) is 6.35.